The lowest BCUT2D eigenvalue weighted by Crippen LogP contribution is -2.30. The highest BCUT2D eigenvalue weighted by atomic mass is 16.7. The first-order valence-corrected chi connectivity index (χ1v) is 10.4. The first-order valence-electron chi connectivity index (χ1n) is 10.4. The molecule has 1 saturated heterocycles. The molecule has 0 unspecified atom stereocenters. The topological polar surface area (TPSA) is 85.3 Å². The third-order valence-corrected chi connectivity index (χ3v) is 5.98. The van der Waals surface area contributed by atoms with Crippen molar-refractivity contribution in [3.8, 4) is 5.75 Å². The van der Waals surface area contributed by atoms with Crippen LogP contribution in [-0.4, -0.2) is 30.6 Å². The van der Waals surface area contributed by atoms with Gasteiger partial charge in [0.1, 0.15) is 11.3 Å². The van der Waals surface area contributed by atoms with Crippen LogP contribution in [0, 0.1) is 11.8 Å². The summed E-state index contributed by atoms with van der Waals surface area (Å²) in [6.45, 7) is 1.71. The third kappa shape index (κ3) is 3.95. The van der Waals surface area contributed by atoms with Gasteiger partial charge in [0.2, 0.25) is 11.8 Å². The average Bonchev–Trinajstić information content (AvgIpc) is 3.07. The van der Waals surface area contributed by atoms with Crippen LogP contribution in [0.3, 0.4) is 0 Å². The molecule has 2 atom stereocenters. The summed E-state index contributed by atoms with van der Waals surface area (Å²) in [6.07, 6.45) is 3.56. The van der Waals surface area contributed by atoms with Gasteiger partial charge in [0.15, 0.2) is 0 Å². The summed E-state index contributed by atoms with van der Waals surface area (Å²) in [7, 11) is 1.48. The van der Waals surface area contributed by atoms with E-state index >= 15 is 0 Å². The monoisotopic (exact) mass is 420 g/mol. The van der Waals surface area contributed by atoms with Crippen molar-refractivity contribution in [3.63, 3.8) is 0 Å². The molecule has 1 saturated carbocycles. The SMILES string of the molecule is COc1ccccc1C(=O)O/N=C(\C)c1ccc(N2C(=O)[C@H]3CCCC[C@H]3C2=O)cc1. The van der Waals surface area contributed by atoms with Gasteiger partial charge in [-0.1, -0.05) is 42.3 Å². The Labute approximate surface area is 180 Å². The first-order chi connectivity index (χ1) is 15.0. The number of rotatable bonds is 5. The van der Waals surface area contributed by atoms with Crippen LogP contribution in [0.15, 0.2) is 53.7 Å². The Morgan fingerprint density at radius 3 is 2.19 bits per heavy atom. The Kier molecular flexibility index (Phi) is 5.84. The van der Waals surface area contributed by atoms with E-state index in [-0.39, 0.29) is 29.2 Å². The lowest BCUT2D eigenvalue weighted by molar-refractivity contribution is -0.122. The van der Waals surface area contributed by atoms with Crippen LogP contribution in [0.4, 0.5) is 5.69 Å². The molecule has 7 nitrogen and oxygen atoms in total. The zero-order valence-corrected chi connectivity index (χ0v) is 17.5. The second-order valence-corrected chi connectivity index (χ2v) is 7.81. The van der Waals surface area contributed by atoms with E-state index in [0.717, 1.165) is 25.7 Å². The van der Waals surface area contributed by atoms with Crippen LogP contribution in [0.25, 0.3) is 0 Å². The molecule has 0 bridgehead atoms. The molecule has 1 aliphatic carbocycles. The van der Waals surface area contributed by atoms with E-state index < -0.39 is 5.97 Å². The molecule has 2 amide bonds. The molecule has 2 fully saturated rings. The quantitative estimate of drug-likeness (QED) is 0.316. The van der Waals surface area contributed by atoms with E-state index in [1.807, 2.05) is 0 Å². The number of methoxy groups -OCH3 is 1. The van der Waals surface area contributed by atoms with E-state index in [9.17, 15) is 14.4 Å². The van der Waals surface area contributed by atoms with E-state index in [0.29, 0.717) is 22.7 Å². The maximum absolute atomic E-state index is 12.7. The zero-order chi connectivity index (χ0) is 22.0. The van der Waals surface area contributed by atoms with E-state index in [1.165, 1.54) is 12.0 Å². The molecule has 1 aliphatic heterocycles. The summed E-state index contributed by atoms with van der Waals surface area (Å²) < 4.78 is 5.16. The van der Waals surface area contributed by atoms with E-state index in [2.05, 4.69) is 5.16 Å². The third-order valence-electron chi connectivity index (χ3n) is 5.98. The smallest absolute Gasteiger partial charge is 0.369 e. The lowest BCUT2D eigenvalue weighted by Gasteiger charge is -2.19. The average molecular weight is 420 g/mol. The highest BCUT2D eigenvalue weighted by Crippen LogP contribution is 2.40. The second-order valence-electron chi connectivity index (χ2n) is 7.81. The molecule has 7 heteroatoms. The maximum atomic E-state index is 12.7. The Hall–Kier alpha value is -3.48. The van der Waals surface area contributed by atoms with Crippen LogP contribution in [-0.2, 0) is 14.4 Å². The Morgan fingerprint density at radius 1 is 0.968 bits per heavy atom. The van der Waals surface area contributed by atoms with Gasteiger partial charge in [-0.2, -0.15) is 0 Å². The highest BCUT2D eigenvalue weighted by Gasteiger charge is 2.48. The van der Waals surface area contributed by atoms with Crippen molar-refractivity contribution < 1.29 is 24.0 Å². The van der Waals surface area contributed by atoms with Crippen LogP contribution >= 0.6 is 0 Å². The number of ether oxygens (including phenoxy) is 1. The van der Waals surface area contributed by atoms with Crippen molar-refractivity contribution in [2.45, 2.75) is 32.6 Å². The van der Waals surface area contributed by atoms with Gasteiger partial charge in [-0.25, -0.2) is 4.79 Å². The lowest BCUT2D eigenvalue weighted by atomic mass is 9.81. The predicted molar refractivity (Wildman–Crippen MR) is 115 cm³/mol. The molecule has 0 N–H and O–H groups in total. The Morgan fingerprint density at radius 2 is 1.58 bits per heavy atom. The summed E-state index contributed by atoms with van der Waals surface area (Å²) in [6, 6.07) is 13.7. The summed E-state index contributed by atoms with van der Waals surface area (Å²) in [5.41, 5.74) is 2.05. The molecule has 2 aromatic rings. The minimum Gasteiger partial charge on any atom is -0.496 e. The Bertz CT molecular complexity index is 1020. The van der Waals surface area contributed by atoms with Crippen LogP contribution in [0.1, 0.15) is 48.5 Å². The number of fused-ring (bicyclic) bond motifs is 1. The second kappa shape index (κ2) is 8.71. The van der Waals surface area contributed by atoms with Crippen molar-refractivity contribution in [1.82, 2.24) is 0 Å². The summed E-state index contributed by atoms with van der Waals surface area (Å²) >= 11 is 0. The highest BCUT2D eigenvalue weighted by molar-refractivity contribution is 6.22. The number of oxime groups is 1. The number of benzene rings is 2. The largest absolute Gasteiger partial charge is 0.496 e. The van der Waals surface area contributed by atoms with Crippen molar-refractivity contribution in [3.05, 3.63) is 59.7 Å². The van der Waals surface area contributed by atoms with Gasteiger partial charge < -0.3 is 9.57 Å². The van der Waals surface area contributed by atoms with E-state index in [1.54, 1.807) is 55.5 Å². The number of anilines is 1. The van der Waals surface area contributed by atoms with E-state index in [4.69, 9.17) is 9.57 Å². The minimum atomic E-state index is -0.621. The fourth-order valence-electron chi connectivity index (χ4n) is 4.29. The summed E-state index contributed by atoms with van der Waals surface area (Å²) in [5.74, 6) is -0.774. The maximum Gasteiger partial charge on any atom is 0.369 e. The molecule has 2 aliphatic rings. The van der Waals surface area contributed by atoms with Gasteiger partial charge in [0, 0.05) is 0 Å². The standard InChI is InChI=1S/C24H24N2O5/c1-15(25-31-24(29)20-9-5-6-10-21(20)30-2)16-11-13-17(14-12-16)26-22(27)18-7-3-4-8-19(18)23(26)28/h5-6,9-14,18-19H,3-4,7-8H2,1-2H3/b25-15+/t18-,19+. The number of amides is 2. The fraction of sp³-hybridized carbons (Fsp3) is 0.333. The summed E-state index contributed by atoms with van der Waals surface area (Å²) in [4.78, 5) is 44.2. The van der Waals surface area contributed by atoms with Gasteiger partial charge in [-0.3, -0.25) is 14.5 Å². The number of imide groups is 1. The van der Waals surface area contributed by atoms with Crippen LogP contribution < -0.4 is 9.64 Å². The minimum absolute atomic E-state index is 0.0985. The molecule has 2 aromatic carbocycles. The molecule has 160 valence electrons. The molecule has 4 rings (SSSR count). The summed E-state index contributed by atoms with van der Waals surface area (Å²) in [5, 5.41) is 3.93. The number of carbonyl (C=O) groups is 3. The fourth-order valence-corrected chi connectivity index (χ4v) is 4.29. The van der Waals surface area contributed by atoms with Crippen molar-refractivity contribution in [1.29, 1.82) is 0 Å². The zero-order valence-electron chi connectivity index (χ0n) is 17.5. The Balaban J connectivity index is 1.47. The number of hydrogen-bond donors (Lipinski definition) is 0. The molecular formula is C24H24N2O5. The number of carbonyl (C=O) groups excluding carboxylic acids is 3. The first kappa shape index (κ1) is 20.8. The van der Waals surface area contributed by atoms with Crippen LogP contribution in [0.5, 0.6) is 5.75 Å². The van der Waals surface area contributed by atoms with Gasteiger partial charge in [0.25, 0.3) is 0 Å². The van der Waals surface area contributed by atoms with Crippen molar-refractivity contribution in [2.24, 2.45) is 17.0 Å². The van der Waals surface area contributed by atoms with Gasteiger partial charge in [-0.15, -0.1) is 0 Å². The number of para-hydroxylation sites is 1. The van der Waals surface area contributed by atoms with Gasteiger partial charge >= 0.3 is 5.97 Å². The number of hydrogen-bond acceptors (Lipinski definition) is 6. The molecule has 0 aromatic heterocycles. The normalized spacial score (nSPS) is 21.1. The van der Waals surface area contributed by atoms with Gasteiger partial charge in [0.05, 0.1) is 30.3 Å². The molecular weight excluding hydrogens is 396 g/mol. The van der Waals surface area contributed by atoms with Crippen molar-refractivity contribution >= 4 is 29.2 Å². The molecule has 0 radical (unpaired) electrons. The number of nitrogens with zero attached hydrogens (tertiary/aromatic N) is 2. The van der Waals surface area contributed by atoms with Crippen LogP contribution in [0.2, 0.25) is 0 Å². The molecule has 31 heavy (non-hydrogen) atoms. The predicted octanol–water partition coefficient (Wildman–Crippen LogP) is 3.96. The van der Waals surface area contributed by atoms with Crippen molar-refractivity contribution in [2.75, 3.05) is 12.0 Å². The van der Waals surface area contributed by atoms with Gasteiger partial charge in [-0.05, 0) is 49.6 Å². The molecule has 1 heterocycles. The molecule has 0 spiro atoms.